The Labute approximate surface area is 340 Å². The summed E-state index contributed by atoms with van der Waals surface area (Å²) in [5.41, 5.74) is 4.27. The Morgan fingerprint density at radius 1 is 0.466 bits per heavy atom. The molecule has 4 amide bonds. The first kappa shape index (κ1) is 41.8. The van der Waals surface area contributed by atoms with Crippen LogP contribution in [0.1, 0.15) is 107 Å². The van der Waals surface area contributed by atoms with Crippen LogP contribution in [0.2, 0.25) is 0 Å². The quantitative estimate of drug-likeness (QED) is 0.0494. The largest absolute Gasteiger partial charge is 0.379 e. The third-order valence-electron chi connectivity index (χ3n) is 11.3. The third kappa shape index (κ3) is 8.68. The average Bonchev–Trinajstić information content (AvgIpc) is 3.24. The number of nitrogens with zero attached hydrogens (tertiary/aromatic N) is 2. The highest BCUT2D eigenvalue weighted by Gasteiger charge is 2.43. The van der Waals surface area contributed by atoms with Gasteiger partial charge in [-0.05, 0) is 81.6 Å². The SMILES string of the molecule is CCCCOCCOCCOCCCN1C(=O)c2ccc3c4c(c5c6c7c(ccc63)C(=O)N(CCCOCCOCCOCCCC)C(=O)C7C=C5)C=CC(C1=O)c24. The topological polar surface area (TPSA) is 130 Å². The summed E-state index contributed by atoms with van der Waals surface area (Å²) < 4.78 is 33.5. The second-order valence-corrected chi connectivity index (χ2v) is 15.1. The van der Waals surface area contributed by atoms with Crippen LogP contribution < -0.4 is 0 Å². The van der Waals surface area contributed by atoms with Crippen LogP contribution in [-0.4, -0.2) is 126 Å². The first-order valence-electron chi connectivity index (χ1n) is 21.1. The van der Waals surface area contributed by atoms with E-state index in [1.165, 1.54) is 9.80 Å². The van der Waals surface area contributed by atoms with Crippen LogP contribution in [0.4, 0.5) is 0 Å². The van der Waals surface area contributed by atoms with Gasteiger partial charge in [0.05, 0.1) is 64.7 Å². The molecule has 12 heteroatoms. The molecule has 310 valence electrons. The van der Waals surface area contributed by atoms with Gasteiger partial charge >= 0.3 is 0 Å². The van der Waals surface area contributed by atoms with E-state index in [1.54, 1.807) is 0 Å². The molecule has 2 atom stereocenters. The molecule has 0 aromatic heterocycles. The van der Waals surface area contributed by atoms with E-state index < -0.39 is 11.8 Å². The second kappa shape index (κ2) is 20.1. The lowest BCUT2D eigenvalue weighted by molar-refractivity contribution is -0.130. The van der Waals surface area contributed by atoms with Gasteiger partial charge in [-0.15, -0.1) is 0 Å². The number of unbranched alkanes of at least 4 members (excludes halogenated alkanes) is 2. The normalized spacial score (nSPS) is 17.8. The van der Waals surface area contributed by atoms with Crippen LogP contribution in [0, 0.1) is 0 Å². The molecule has 0 saturated carbocycles. The maximum absolute atomic E-state index is 13.9. The molecule has 58 heavy (non-hydrogen) atoms. The zero-order valence-corrected chi connectivity index (χ0v) is 33.9. The van der Waals surface area contributed by atoms with Crippen molar-refractivity contribution in [1.29, 1.82) is 0 Å². The van der Waals surface area contributed by atoms with Crippen molar-refractivity contribution in [2.24, 2.45) is 0 Å². The van der Waals surface area contributed by atoms with Gasteiger partial charge in [0.1, 0.15) is 0 Å². The lowest BCUT2D eigenvalue weighted by atomic mass is 9.73. The van der Waals surface area contributed by atoms with Gasteiger partial charge in [-0.1, -0.05) is 63.1 Å². The zero-order chi connectivity index (χ0) is 40.4. The molecule has 2 unspecified atom stereocenters. The summed E-state index contributed by atoms with van der Waals surface area (Å²) in [6, 6.07) is 7.54. The standard InChI is InChI=1S/C46H56N2O10/c1-3-5-19-53-23-27-57-29-25-55-21-7-17-47-43(49)35-13-9-31-33-11-15-37-42-38(16-12-34(40(33)42)32-10-14-36(44(47)50)41(35)39(31)32)46(52)48(45(37)51)18-8-22-56-26-30-58-28-24-54-20-6-4-2/h9-16,35,37H,3-8,17-30H2,1-2H3. The van der Waals surface area contributed by atoms with Crippen molar-refractivity contribution in [2.45, 2.75) is 64.2 Å². The molecule has 0 radical (unpaired) electrons. The fourth-order valence-corrected chi connectivity index (χ4v) is 8.37. The van der Waals surface area contributed by atoms with Crippen molar-refractivity contribution in [3.8, 4) is 0 Å². The van der Waals surface area contributed by atoms with Gasteiger partial charge in [-0.25, -0.2) is 0 Å². The molecule has 3 aromatic carbocycles. The number of rotatable bonds is 26. The predicted molar refractivity (Wildman–Crippen MR) is 221 cm³/mol. The van der Waals surface area contributed by atoms with Crippen LogP contribution in [0.3, 0.4) is 0 Å². The molecular formula is C46H56N2O10. The van der Waals surface area contributed by atoms with Gasteiger partial charge in [0.25, 0.3) is 11.8 Å². The molecule has 2 aliphatic heterocycles. The van der Waals surface area contributed by atoms with Gasteiger partial charge in [0, 0.05) is 50.6 Å². The fourth-order valence-electron chi connectivity index (χ4n) is 8.37. The summed E-state index contributed by atoms with van der Waals surface area (Å²) in [6.45, 7) is 11.0. The Balaban J connectivity index is 0.993. The molecule has 0 fully saturated rings. The highest BCUT2D eigenvalue weighted by atomic mass is 16.5. The fraction of sp³-hybridized carbons (Fsp3) is 0.522. The smallest absolute Gasteiger partial charge is 0.260 e. The summed E-state index contributed by atoms with van der Waals surface area (Å²) in [4.78, 5) is 58.4. The third-order valence-corrected chi connectivity index (χ3v) is 11.3. The molecule has 0 N–H and O–H groups in total. The molecule has 7 rings (SSSR count). The van der Waals surface area contributed by atoms with E-state index in [4.69, 9.17) is 28.4 Å². The van der Waals surface area contributed by atoms with Crippen molar-refractivity contribution in [1.82, 2.24) is 9.80 Å². The van der Waals surface area contributed by atoms with Crippen molar-refractivity contribution >= 4 is 57.3 Å². The van der Waals surface area contributed by atoms with Gasteiger partial charge in [-0.3, -0.25) is 29.0 Å². The van der Waals surface area contributed by atoms with Crippen molar-refractivity contribution in [3.05, 3.63) is 69.8 Å². The maximum atomic E-state index is 13.9. The van der Waals surface area contributed by atoms with Crippen LogP contribution >= 0.6 is 0 Å². The number of ether oxygens (including phenoxy) is 6. The minimum atomic E-state index is -0.594. The number of carbonyl (C=O) groups excluding carboxylic acids is 4. The van der Waals surface area contributed by atoms with E-state index in [9.17, 15) is 19.2 Å². The Morgan fingerprint density at radius 2 is 0.810 bits per heavy atom. The van der Waals surface area contributed by atoms with Gasteiger partial charge in [-0.2, -0.15) is 0 Å². The molecule has 2 heterocycles. The molecule has 2 aliphatic carbocycles. The molecule has 0 saturated heterocycles. The van der Waals surface area contributed by atoms with E-state index in [0.29, 0.717) is 90.0 Å². The second-order valence-electron chi connectivity index (χ2n) is 15.1. The summed E-state index contributed by atoms with van der Waals surface area (Å²) in [7, 11) is 0. The molecule has 3 aromatic rings. The zero-order valence-electron chi connectivity index (χ0n) is 33.9. The Kier molecular flexibility index (Phi) is 14.5. The monoisotopic (exact) mass is 796 g/mol. The van der Waals surface area contributed by atoms with Gasteiger partial charge in [0.2, 0.25) is 11.8 Å². The van der Waals surface area contributed by atoms with E-state index in [-0.39, 0.29) is 36.7 Å². The molecule has 0 bridgehead atoms. The highest BCUT2D eigenvalue weighted by Crippen LogP contribution is 2.50. The molecule has 4 aliphatic rings. The lowest BCUT2D eigenvalue weighted by Gasteiger charge is -2.37. The van der Waals surface area contributed by atoms with Crippen LogP contribution in [0.25, 0.3) is 33.7 Å². The number of carbonyl (C=O) groups is 4. The van der Waals surface area contributed by atoms with E-state index in [1.807, 2.05) is 48.6 Å². The average molecular weight is 797 g/mol. The van der Waals surface area contributed by atoms with Crippen molar-refractivity contribution in [3.63, 3.8) is 0 Å². The first-order valence-corrected chi connectivity index (χ1v) is 21.1. The first-order chi connectivity index (χ1) is 28.5. The number of imide groups is 2. The maximum Gasteiger partial charge on any atom is 0.260 e. The van der Waals surface area contributed by atoms with Crippen LogP contribution in [-0.2, 0) is 38.0 Å². The summed E-state index contributed by atoms with van der Waals surface area (Å²) >= 11 is 0. The lowest BCUT2D eigenvalue weighted by Crippen LogP contribution is -2.46. The van der Waals surface area contributed by atoms with E-state index in [2.05, 4.69) is 13.8 Å². The van der Waals surface area contributed by atoms with Gasteiger partial charge < -0.3 is 28.4 Å². The number of benzene rings is 3. The number of hydrogen-bond donors (Lipinski definition) is 0. The Hall–Kier alpha value is -4.30. The molecule has 12 nitrogen and oxygen atoms in total. The van der Waals surface area contributed by atoms with E-state index >= 15 is 0 Å². The van der Waals surface area contributed by atoms with Crippen LogP contribution in [0.15, 0.2) is 36.4 Å². The van der Waals surface area contributed by atoms with E-state index in [0.717, 1.165) is 82.7 Å². The number of hydrogen-bond acceptors (Lipinski definition) is 10. The molecule has 0 spiro atoms. The summed E-state index contributed by atoms with van der Waals surface area (Å²) in [5, 5.41) is 3.53. The predicted octanol–water partition coefficient (Wildman–Crippen LogP) is 6.66. The number of fused-ring (bicyclic) bond motifs is 2. The van der Waals surface area contributed by atoms with Crippen molar-refractivity contribution in [2.75, 3.05) is 92.4 Å². The number of amides is 4. The highest BCUT2D eigenvalue weighted by molar-refractivity contribution is 6.26. The van der Waals surface area contributed by atoms with Gasteiger partial charge in [0.15, 0.2) is 0 Å². The van der Waals surface area contributed by atoms with Crippen molar-refractivity contribution < 1.29 is 47.6 Å². The van der Waals surface area contributed by atoms with Crippen LogP contribution in [0.5, 0.6) is 0 Å². The minimum Gasteiger partial charge on any atom is -0.379 e. The summed E-state index contributed by atoms with van der Waals surface area (Å²) in [5.74, 6) is -2.29. The molecular weight excluding hydrogens is 741 g/mol. The minimum absolute atomic E-state index is 0.244. The Morgan fingerprint density at radius 3 is 1.17 bits per heavy atom. The Bertz CT molecular complexity index is 1910. The summed E-state index contributed by atoms with van der Waals surface area (Å²) in [6.07, 6.45) is 13.0.